The Morgan fingerprint density at radius 1 is 0.867 bits per heavy atom. The Labute approximate surface area is 278 Å². The summed E-state index contributed by atoms with van der Waals surface area (Å²) in [5, 5.41) is 17.3. The van der Waals surface area contributed by atoms with Crippen molar-refractivity contribution in [1.82, 2.24) is 10.0 Å². The van der Waals surface area contributed by atoms with E-state index < -0.39 is 35.8 Å². The molecule has 7 rings (SSSR count). The smallest absolute Gasteiger partial charge is 0.264 e. The normalized spacial score (nSPS) is 24.8. The molecule has 1 saturated carbocycles. The van der Waals surface area contributed by atoms with E-state index in [2.05, 4.69) is 16.4 Å². The highest BCUT2D eigenvalue weighted by molar-refractivity contribution is 6.42. The third kappa shape index (κ3) is 5.31. The number of anilines is 1. The molecular formula is C32H24Cl4N6O3. The van der Waals surface area contributed by atoms with Crippen molar-refractivity contribution in [3.63, 3.8) is 0 Å². The molecule has 1 saturated heterocycles. The van der Waals surface area contributed by atoms with Gasteiger partial charge in [0.2, 0.25) is 0 Å². The largest absolute Gasteiger partial charge is 0.271 e. The van der Waals surface area contributed by atoms with Crippen molar-refractivity contribution in [3.8, 4) is 0 Å². The van der Waals surface area contributed by atoms with Crippen LogP contribution in [0.5, 0.6) is 0 Å². The molecule has 45 heavy (non-hydrogen) atoms. The van der Waals surface area contributed by atoms with E-state index in [4.69, 9.17) is 51.5 Å². The van der Waals surface area contributed by atoms with Crippen molar-refractivity contribution in [1.29, 1.82) is 0 Å². The van der Waals surface area contributed by atoms with E-state index in [0.29, 0.717) is 10.0 Å². The minimum absolute atomic E-state index is 0.0528. The summed E-state index contributed by atoms with van der Waals surface area (Å²) in [7, 11) is 0. The SMILES string of the molecule is O=C1C2N=NN(CC(=O)N3N=C4C(=Cc5ccc(Cl)cc5)CCCC4C3c3ccc(Cl)cc3)C2C(=O)N1c1c(Cl)cccc1Cl. The molecule has 3 aliphatic heterocycles. The lowest BCUT2D eigenvalue weighted by Crippen LogP contribution is -2.45. The van der Waals surface area contributed by atoms with Gasteiger partial charge in [-0.25, -0.2) is 9.91 Å². The van der Waals surface area contributed by atoms with E-state index in [9.17, 15) is 14.4 Å². The van der Waals surface area contributed by atoms with Gasteiger partial charge in [-0.3, -0.25) is 19.4 Å². The van der Waals surface area contributed by atoms with Crippen LogP contribution in [0.4, 0.5) is 5.69 Å². The Morgan fingerprint density at radius 3 is 2.22 bits per heavy atom. The Kier molecular flexibility index (Phi) is 7.90. The lowest BCUT2D eigenvalue weighted by Gasteiger charge is -2.30. The number of hydrogen-bond donors (Lipinski definition) is 0. The summed E-state index contributed by atoms with van der Waals surface area (Å²) in [6.07, 6.45) is 4.66. The molecule has 3 amide bonds. The minimum Gasteiger partial charge on any atom is -0.271 e. The van der Waals surface area contributed by atoms with Crippen LogP contribution in [0.15, 0.2) is 87.7 Å². The zero-order chi connectivity index (χ0) is 31.4. The van der Waals surface area contributed by atoms with Gasteiger partial charge in [-0.1, -0.05) is 82.0 Å². The average molecular weight is 682 g/mol. The van der Waals surface area contributed by atoms with Gasteiger partial charge in [-0.05, 0) is 78.4 Å². The molecule has 2 fully saturated rings. The van der Waals surface area contributed by atoms with Crippen LogP contribution in [0.1, 0.15) is 36.4 Å². The second-order valence-electron chi connectivity index (χ2n) is 11.2. The van der Waals surface area contributed by atoms with Crippen LogP contribution in [-0.2, 0) is 14.4 Å². The summed E-state index contributed by atoms with van der Waals surface area (Å²) in [5.74, 6) is -1.66. The first-order valence-corrected chi connectivity index (χ1v) is 15.8. The topological polar surface area (TPSA) is 98.0 Å². The lowest BCUT2D eigenvalue weighted by atomic mass is 9.77. The molecule has 0 N–H and O–H groups in total. The van der Waals surface area contributed by atoms with Gasteiger partial charge in [-0.15, -0.1) is 0 Å². The summed E-state index contributed by atoms with van der Waals surface area (Å²) in [6.45, 7) is -0.322. The van der Waals surface area contributed by atoms with Gasteiger partial charge in [0.25, 0.3) is 17.7 Å². The van der Waals surface area contributed by atoms with Gasteiger partial charge >= 0.3 is 0 Å². The quantitative estimate of drug-likeness (QED) is 0.262. The number of imide groups is 1. The van der Waals surface area contributed by atoms with E-state index in [-0.39, 0.29) is 28.2 Å². The molecule has 4 aliphatic rings. The van der Waals surface area contributed by atoms with E-state index in [1.54, 1.807) is 30.3 Å². The number of carbonyl (C=O) groups excluding carboxylic acids is 3. The third-order valence-electron chi connectivity index (χ3n) is 8.50. The van der Waals surface area contributed by atoms with Crippen LogP contribution < -0.4 is 4.90 Å². The van der Waals surface area contributed by atoms with Gasteiger partial charge in [0, 0.05) is 16.0 Å². The summed E-state index contributed by atoms with van der Waals surface area (Å²) >= 11 is 25.0. The molecule has 0 aromatic heterocycles. The van der Waals surface area contributed by atoms with Crippen molar-refractivity contribution >= 4 is 81.6 Å². The maximum Gasteiger partial charge on any atom is 0.264 e. The first kappa shape index (κ1) is 29.9. The third-order valence-corrected chi connectivity index (χ3v) is 9.61. The Balaban J connectivity index is 1.19. The van der Waals surface area contributed by atoms with Crippen LogP contribution in [0.3, 0.4) is 0 Å². The fourth-order valence-electron chi connectivity index (χ4n) is 6.45. The predicted molar refractivity (Wildman–Crippen MR) is 173 cm³/mol. The number of hydrazone groups is 1. The van der Waals surface area contributed by atoms with Crippen LogP contribution in [0.2, 0.25) is 20.1 Å². The van der Waals surface area contributed by atoms with Crippen molar-refractivity contribution < 1.29 is 14.4 Å². The number of benzene rings is 3. The Morgan fingerprint density at radius 2 is 1.53 bits per heavy atom. The fraction of sp³-hybridized carbons (Fsp3) is 0.250. The number of hydrogen-bond acceptors (Lipinski definition) is 7. The van der Waals surface area contributed by atoms with Crippen molar-refractivity contribution in [3.05, 3.63) is 104 Å². The van der Waals surface area contributed by atoms with E-state index in [1.165, 1.54) is 10.0 Å². The first-order valence-electron chi connectivity index (χ1n) is 14.3. The average Bonchev–Trinajstić information content (AvgIpc) is 3.69. The lowest BCUT2D eigenvalue weighted by molar-refractivity contribution is -0.136. The number of fused-ring (bicyclic) bond motifs is 2. The fourth-order valence-corrected chi connectivity index (χ4v) is 7.27. The number of rotatable bonds is 5. The number of halogens is 4. The molecule has 0 spiro atoms. The zero-order valence-electron chi connectivity index (χ0n) is 23.5. The highest BCUT2D eigenvalue weighted by atomic mass is 35.5. The molecule has 0 bridgehead atoms. The zero-order valence-corrected chi connectivity index (χ0v) is 26.5. The highest BCUT2D eigenvalue weighted by Gasteiger charge is 2.56. The standard InChI is InChI=1S/C32H24Cl4N6O3/c33-20-11-7-17(8-12-20)15-19-3-1-4-22-26(19)38-42(28(22)18-9-13-21(34)14-10-18)25(43)16-40-30-27(37-39-40)31(44)41(32(30)45)29-23(35)5-2-6-24(29)36/h2,5-15,22,27-28,30H,1,3-4,16H2. The molecular weight excluding hydrogens is 658 g/mol. The first-order chi connectivity index (χ1) is 21.7. The summed E-state index contributed by atoms with van der Waals surface area (Å²) < 4.78 is 0. The summed E-state index contributed by atoms with van der Waals surface area (Å²) in [4.78, 5) is 41.9. The van der Waals surface area contributed by atoms with E-state index >= 15 is 0 Å². The van der Waals surface area contributed by atoms with E-state index in [1.807, 2.05) is 36.4 Å². The maximum absolute atomic E-state index is 14.1. The number of para-hydroxylation sites is 1. The summed E-state index contributed by atoms with van der Waals surface area (Å²) in [6, 6.07) is 17.0. The molecule has 0 radical (unpaired) electrons. The van der Waals surface area contributed by atoms with Gasteiger partial charge in [0.05, 0.1) is 27.5 Å². The molecule has 9 nitrogen and oxygen atoms in total. The molecule has 228 valence electrons. The minimum atomic E-state index is -1.12. The molecule has 3 aromatic carbocycles. The van der Waals surface area contributed by atoms with Crippen LogP contribution in [-0.4, -0.2) is 52.1 Å². The second kappa shape index (κ2) is 11.9. The molecule has 3 heterocycles. The maximum atomic E-state index is 14.1. The molecule has 4 atom stereocenters. The highest BCUT2D eigenvalue weighted by Crippen LogP contribution is 2.45. The number of amides is 3. The number of allylic oxidation sites excluding steroid dienone is 1. The van der Waals surface area contributed by atoms with E-state index in [0.717, 1.165) is 46.6 Å². The van der Waals surface area contributed by atoms with Gasteiger partial charge < -0.3 is 0 Å². The van der Waals surface area contributed by atoms with Crippen LogP contribution >= 0.6 is 46.4 Å². The molecule has 13 heteroatoms. The Hall–Kier alpha value is -3.76. The molecule has 3 aromatic rings. The Bertz CT molecular complexity index is 1790. The van der Waals surface area contributed by atoms with Crippen LogP contribution in [0, 0.1) is 5.92 Å². The summed E-state index contributed by atoms with van der Waals surface area (Å²) in [5.41, 5.74) is 3.85. The van der Waals surface area contributed by atoms with Gasteiger partial charge in [0.15, 0.2) is 12.1 Å². The van der Waals surface area contributed by atoms with Crippen molar-refractivity contribution in [2.45, 2.75) is 37.4 Å². The van der Waals surface area contributed by atoms with Crippen LogP contribution in [0.25, 0.3) is 6.08 Å². The van der Waals surface area contributed by atoms with Crippen molar-refractivity contribution in [2.75, 3.05) is 11.4 Å². The van der Waals surface area contributed by atoms with Gasteiger partial charge in [-0.2, -0.15) is 10.2 Å². The van der Waals surface area contributed by atoms with Crippen molar-refractivity contribution in [2.24, 2.45) is 21.4 Å². The number of carbonyl (C=O) groups is 3. The monoisotopic (exact) mass is 680 g/mol. The number of nitrogens with zero attached hydrogens (tertiary/aromatic N) is 6. The molecule has 1 aliphatic carbocycles. The second-order valence-corrected chi connectivity index (χ2v) is 12.9. The van der Waals surface area contributed by atoms with Gasteiger partial charge in [0.1, 0.15) is 6.54 Å². The predicted octanol–water partition coefficient (Wildman–Crippen LogP) is 7.42. The molecule has 4 unspecified atom stereocenters.